The molecular formula is C13H18N4O. The van der Waals surface area contributed by atoms with Crippen molar-refractivity contribution >= 4 is 5.52 Å². The Morgan fingerprint density at radius 3 is 3.22 bits per heavy atom. The van der Waals surface area contributed by atoms with Crippen LogP contribution in [0.3, 0.4) is 0 Å². The van der Waals surface area contributed by atoms with Crippen LogP contribution in [0.5, 0.6) is 0 Å². The second-order valence-electron chi connectivity index (χ2n) is 4.75. The summed E-state index contributed by atoms with van der Waals surface area (Å²) in [6, 6.07) is 0.284. The van der Waals surface area contributed by atoms with Crippen LogP contribution in [0.25, 0.3) is 5.52 Å². The lowest BCUT2D eigenvalue weighted by Gasteiger charge is -2.29. The van der Waals surface area contributed by atoms with Crippen molar-refractivity contribution in [2.45, 2.75) is 18.9 Å². The first-order valence-electron chi connectivity index (χ1n) is 6.42. The van der Waals surface area contributed by atoms with E-state index in [1.54, 1.807) is 6.20 Å². The van der Waals surface area contributed by atoms with Gasteiger partial charge in [0.15, 0.2) is 0 Å². The molecule has 1 N–H and O–H groups in total. The maximum Gasteiger partial charge on any atom is 0.0892 e. The summed E-state index contributed by atoms with van der Waals surface area (Å²) < 4.78 is 7.46. The van der Waals surface area contributed by atoms with Crippen molar-refractivity contribution in [3.8, 4) is 0 Å². The smallest absolute Gasteiger partial charge is 0.0892 e. The molecular weight excluding hydrogens is 228 g/mol. The van der Waals surface area contributed by atoms with Crippen LogP contribution in [0, 0.1) is 5.92 Å². The first kappa shape index (κ1) is 11.6. The Kier molecular flexibility index (Phi) is 3.25. The average Bonchev–Trinajstić information content (AvgIpc) is 2.85. The molecule has 5 heteroatoms. The molecule has 3 heterocycles. The fourth-order valence-corrected chi connectivity index (χ4v) is 2.77. The van der Waals surface area contributed by atoms with Gasteiger partial charge in [0, 0.05) is 36.5 Å². The van der Waals surface area contributed by atoms with Gasteiger partial charge in [-0.25, -0.2) is 4.52 Å². The predicted octanol–water partition coefficient (Wildman–Crippen LogP) is 1.42. The van der Waals surface area contributed by atoms with E-state index >= 15 is 0 Å². The molecule has 18 heavy (non-hydrogen) atoms. The molecule has 2 aromatic heterocycles. The van der Waals surface area contributed by atoms with Crippen molar-refractivity contribution in [2.75, 3.05) is 20.3 Å². The fourth-order valence-electron chi connectivity index (χ4n) is 2.77. The van der Waals surface area contributed by atoms with Crippen LogP contribution in [0.15, 0.2) is 24.8 Å². The molecule has 1 saturated heterocycles. The van der Waals surface area contributed by atoms with E-state index in [0.717, 1.165) is 25.2 Å². The Bertz CT molecular complexity index is 518. The Balaban J connectivity index is 1.95. The van der Waals surface area contributed by atoms with Crippen LogP contribution >= 0.6 is 0 Å². The van der Waals surface area contributed by atoms with E-state index in [2.05, 4.69) is 15.4 Å². The fraction of sp³-hybridized carbons (Fsp3) is 0.538. The first-order valence-corrected chi connectivity index (χ1v) is 6.42. The van der Waals surface area contributed by atoms with E-state index in [0.29, 0.717) is 5.92 Å². The minimum atomic E-state index is 0.284. The summed E-state index contributed by atoms with van der Waals surface area (Å²) in [5.74, 6) is 0.511. The summed E-state index contributed by atoms with van der Waals surface area (Å²) in [6.45, 7) is 1.71. The Hall–Kier alpha value is -1.46. The van der Waals surface area contributed by atoms with Crippen molar-refractivity contribution < 1.29 is 4.74 Å². The minimum absolute atomic E-state index is 0.284. The molecule has 1 aliphatic heterocycles. The number of aromatic nitrogens is 3. The average molecular weight is 246 g/mol. The molecule has 2 aromatic rings. The zero-order chi connectivity index (χ0) is 12.4. The van der Waals surface area contributed by atoms with Crippen molar-refractivity contribution in [2.24, 2.45) is 5.92 Å². The number of hydrogen-bond donors (Lipinski definition) is 1. The van der Waals surface area contributed by atoms with E-state index in [9.17, 15) is 0 Å². The normalized spacial score (nSPS) is 22.2. The Morgan fingerprint density at radius 2 is 2.44 bits per heavy atom. The van der Waals surface area contributed by atoms with Gasteiger partial charge in [0.25, 0.3) is 0 Å². The summed E-state index contributed by atoms with van der Waals surface area (Å²) in [5.41, 5.74) is 2.28. The largest absolute Gasteiger partial charge is 0.381 e. The second-order valence-corrected chi connectivity index (χ2v) is 4.75. The zero-order valence-corrected chi connectivity index (χ0v) is 10.5. The minimum Gasteiger partial charge on any atom is -0.381 e. The van der Waals surface area contributed by atoms with Gasteiger partial charge in [-0.2, -0.15) is 5.10 Å². The maximum atomic E-state index is 5.59. The maximum absolute atomic E-state index is 5.59. The first-order chi connectivity index (χ1) is 8.90. The second kappa shape index (κ2) is 5.04. The van der Waals surface area contributed by atoms with E-state index in [1.165, 1.54) is 12.0 Å². The van der Waals surface area contributed by atoms with Crippen molar-refractivity contribution in [3.05, 3.63) is 30.4 Å². The van der Waals surface area contributed by atoms with Crippen molar-refractivity contribution in [1.82, 2.24) is 19.9 Å². The van der Waals surface area contributed by atoms with Gasteiger partial charge in [0.05, 0.1) is 24.5 Å². The van der Waals surface area contributed by atoms with Crippen molar-refractivity contribution in [1.29, 1.82) is 0 Å². The summed E-state index contributed by atoms with van der Waals surface area (Å²) in [6.07, 6.45) is 9.78. The van der Waals surface area contributed by atoms with Crippen LogP contribution in [-0.2, 0) is 4.74 Å². The number of nitrogens with zero attached hydrogens (tertiary/aromatic N) is 3. The summed E-state index contributed by atoms with van der Waals surface area (Å²) >= 11 is 0. The molecule has 0 radical (unpaired) electrons. The van der Waals surface area contributed by atoms with Crippen LogP contribution in [-0.4, -0.2) is 34.9 Å². The van der Waals surface area contributed by atoms with Gasteiger partial charge in [-0.3, -0.25) is 4.98 Å². The summed E-state index contributed by atoms with van der Waals surface area (Å²) in [4.78, 5) is 4.19. The highest BCUT2D eigenvalue weighted by Crippen LogP contribution is 2.30. The van der Waals surface area contributed by atoms with E-state index in [-0.39, 0.29) is 6.04 Å². The molecule has 0 aliphatic carbocycles. The van der Waals surface area contributed by atoms with Crippen LogP contribution < -0.4 is 5.32 Å². The lowest BCUT2D eigenvalue weighted by Crippen LogP contribution is -2.31. The highest BCUT2D eigenvalue weighted by Gasteiger charge is 2.26. The van der Waals surface area contributed by atoms with Gasteiger partial charge in [0.2, 0.25) is 0 Å². The molecule has 0 spiro atoms. The monoisotopic (exact) mass is 246 g/mol. The van der Waals surface area contributed by atoms with E-state index in [4.69, 9.17) is 4.74 Å². The molecule has 2 unspecified atom stereocenters. The molecule has 1 fully saturated rings. The van der Waals surface area contributed by atoms with Crippen molar-refractivity contribution in [3.63, 3.8) is 0 Å². The van der Waals surface area contributed by atoms with Gasteiger partial charge in [-0.1, -0.05) is 0 Å². The third-order valence-electron chi connectivity index (χ3n) is 3.67. The zero-order valence-electron chi connectivity index (χ0n) is 10.5. The number of hydrogen-bond acceptors (Lipinski definition) is 4. The number of rotatable bonds is 3. The molecule has 0 bridgehead atoms. The molecule has 0 saturated carbocycles. The number of nitrogens with one attached hydrogen (secondary N) is 1. The molecule has 0 aromatic carbocycles. The molecule has 1 aliphatic rings. The molecule has 96 valence electrons. The molecule has 3 rings (SSSR count). The lowest BCUT2D eigenvalue weighted by atomic mass is 9.89. The van der Waals surface area contributed by atoms with Gasteiger partial charge >= 0.3 is 0 Å². The molecule has 0 amide bonds. The summed E-state index contributed by atoms with van der Waals surface area (Å²) in [5, 5.41) is 7.78. The number of ether oxygens (including phenoxy) is 1. The van der Waals surface area contributed by atoms with Gasteiger partial charge < -0.3 is 10.1 Å². The van der Waals surface area contributed by atoms with Crippen LogP contribution in [0.2, 0.25) is 0 Å². The highest BCUT2D eigenvalue weighted by molar-refractivity contribution is 5.53. The van der Waals surface area contributed by atoms with E-state index in [1.807, 2.05) is 30.2 Å². The quantitative estimate of drug-likeness (QED) is 0.890. The van der Waals surface area contributed by atoms with Gasteiger partial charge in [-0.05, 0) is 19.9 Å². The Morgan fingerprint density at radius 1 is 1.50 bits per heavy atom. The third kappa shape index (κ3) is 2.00. The predicted molar refractivity (Wildman–Crippen MR) is 68.3 cm³/mol. The van der Waals surface area contributed by atoms with E-state index < -0.39 is 0 Å². The van der Waals surface area contributed by atoms with Crippen LogP contribution in [0.1, 0.15) is 24.4 Å². The highest BCUT2D eigenvalue weighted by atomic mass is 16.5. The third-order valence-corrected chi connectivity index (χ3v) is 3.67. The number of fused-ring (bicyclic) bond motifs is 1. The standard InChI is InChI=1S/C13H18N4O/c1-14-13(10-3-2-6-18-9-10)11-7-16-17-5-4-15-8-12(11)17/h4-5,7-8,10,13-14H,2-3,6,9H2,1H3. The summed E-state index contributed by atoms with van der Waals surface area (Å²) in [7, 11) is 2.00. The topological polar surface area (TPSA) is 51.5 Å². The van der Waals surface area contributed by atoms with Gasteiger partial charge in [-0.15, -0.1) is 0 Å². The van der Waals surface area contributed by atoms with Crippen LogP contribution in [0.4, 0.5) is 0 Å². The SMILES string of the molecule is CNC(c1cnn2ccncc12)C1CCCOC1. The Labute approximate surface area is 106 Å². The lowest BCUT2D eigenvalue weighted by molar-refractivity contribution is 0.0404. The molecule has 2 atom stereocenters. The van der Waals surface area contributed by atoms with Gasteiger partial charge in [0.1, 0.15) is 0 Å². The molecule has 5 nitrogen and oxygen atoms in total.